The second-order valence-corrected chi connectivity index (χ2v) is 2.40. The van der Waals surface area contributed by atoms with Gasteiger partial charge >= 0.3 is 0 Å². The lowest BCUT2D eigenvalue weighted by Gasteiger charge is -1.94. The molecule has 1 aromatic heterocycles. The van der Waals surface area contributed by atoms with Crippen molar-refractivity contribution < 1.29 is 0 Å². The molecule has 1 rings (SSSR count). The molecule has 86 valence electrons. The van der Waals surface area contributed by atoms with E-state index < -0.39 is 0 Å². The van der Waals surface area contributed by atoms with E-state index in [-0.39, 0.29) is 0 Å². The van der Waals surface area contributed by atoms with Crippen molar-refractivity contribution in [2.45, 2.75) is 41.0 Å². The van der Waals surface area contributed by atoms with Crippen molar-refractivity contribution in [3.63, 3.8) is 0 Å². The fraction of sp³-hybridized carbons (Fsp3) is 0.429. The fourth-order valence-electron chi connectivity index (χ4n) is 1.20. The van der Waals surface area contributed by atoms with Gasteiger partial charge in [0, 0.05) is 17.5 Å². The fourth-order valence-corrected chi connectivity index (χ4v) is 1.20. The summed E-state index contributed by atoms with van der Waals surface area (Å²) in [7, 11) is 0. The molecule has 0 bridgehead atoms. The van der Waals surface area contributed by atoms with Gasteiger partial charge in [-0.1, -0.05) is 53.9 Å². The van der Waals surface area contributed by atoms with E-state index in [1.54, 1.807) is 0 Å². The van der Waals surface area contributed by atoms with Gasteiger partial charge in [0.05, 0.1) is 0 Å². The molecule has 0 amide bonds. The quantitative estimate of drug-likeness (QED) is 0.724. The van der Waals surface area contributed by atoms with Crippen LogP contribution in [0.25, 0.3) is 12.2 Å². The van der Waals surface area contributed by atoms with Crippen LogP contribution in [0.4, 0.5) is 0 Å². The molecule has 15 heavy (non-hydrogen) atoms. The lowest BCUT2D eigenvalue weighted by atomic mass is 10.1. The molecular formula is C14H25N. The molecule has 1 heteroatoms. The molecule has 0 aliphatic carbocycles. The first-order valence-corrected chi connectivity index (χ1v) is 5.78. The van der Waals surface area contributed by atoms with E-state index in [1.165, 1.54) is 11.1 Å². The first-order chi connectivity index (χ1) is 7.33. The highest BCUT2D eigenvalue weighted by Crippen LogP contribution is 2.16. The van der Waals surface area contributed by atoms with Crippen molar-refractivity contribution in [3.05, 3.63) is 36.2 Å². The van der Waals surface area contributed by atoms with Crippen molar-refractivity contribution in [2.75, 3.05) is 0 Å². The maximum absolute atomic E-state index is 3.75. The third kappa shape index (κ3) is 4.68. The average Bonchev–Trinajstić information content (AvgIpc) is 2.75. The van der Waals surface area contributed by atoms with E-state index in [0.29, 0.717) is 0 Å². The molecule has 0 saturated heterocycles. The van der Waals surface area contributed by atoms with Gasteiger partial charge in [0.2, 0.25) is 0 Å². The van der Waals surface area contributed by atoms with Gasteiger partial charge in [-0.05, 0) is 18.1 Å². The van der Waals surface area contributed by atoms with Gasteiger partial charge in [0.25, 0.3) is 0 Å². The Morgan fingerprint density at radius 3 is 2.00 bits per heavy atom. The number of H-pyrrole nitrogens is 1. The maximum atomic E-state index is 3.75. The van der Waals surface area contributed by atoms with E-state index in [2.05, 4.69) is 25.1 Å². The molecular weight excluding hydrogens is 182 g/mol. The molecule has 1 aromatic rings. The molecule has 1 heterocycles. The summed E-state index contributed by atoms with van der Waals surface area (Å²) in [5, 5.41) is 0. The molecule has 0 aliphatic heterocycles. The van der Waals surface area contributed by atoms with Crippen LogP contribution in [-0.2, 0) is 6.42 Å². The van der Waals surface area contributed by atoms with Crippen molar-refractivity contribution in [3.8, 4) is 0 Å². The summed E-state index contributed by atoms with van der Waals surface area (Å²) in [5.74, 6) is 0. The smallest absolute Gasteiger partial charge is 0.0450 e. The Kier molecular flexibility index (Phi) is 11.7. The van der Waals surface area contributed by atoms with Crippen LogP contribution in [0.15, 0.2) is 19.4 Å². The number of aromatic nitrogens is 1. The highest BCUT2D eigenvalue weighted by Gasteiger charge is 2.02. The summed E-state index contributed by atoms with van der Waals surface area (Å²) in [6.45, 7) is 17.6. The monoisotopic (exact) mass is 207 g/mol. The second-order valence-electron chi connectivity index (χ2n) is 2.40. The number of hydrogen-bond acceptors (Lipinski definition) is 0. The van der Waals surface area contributed by atoms with Crippen molar-refractivity contribution in [1.82, 2.24) is 4.98 Å². The highest BCUT2D eigenvalue weighted by atomic mass is 14.7. The van der Waals surface area contributed by atoms with E-state index in [4.69, 9.17) is 0 Å². The van der Waals surface area contributed by atoms with Crippen molar-refractivity contribution >= 4 is 12.2 Å². The minimum Gasteiger partial charge on any atom is -0.361 e. The van der Waals surface area contributed by atoms with E-state index in [9.17, 15) is 0 Å². The Morgan fingerprint density at radius 2 is 1.67 bits per heavy atom. The first-order valence-electron chi connectivity index (χ1n) is 5.78. The van der Waals surface area contributed by atoms with Crippen LogP contribution in [0.2, 0.25) is 0 Å². The maximum Gasteiger partial charge on any atom is 0.0450 e. The molecule has 0 radical (unpaired) electrons. The number of aryl methyl sites for hydroxylation is 1. The standard InChI is InChI=1S/C10H13N.2C2H6/c1-4-8-7-11-10(6-3)9(8)5-2;2*1-2/h5-7,11H,2-4H2,1H3;2*1-2H3. The van der Waals surface area contributed by atoms with Gasteiger partial charge in [0.1, 0.15) is 0 Å². The van der Waals surface area contributed by atoms with Crippen molar-refractivity contribution in [2.24, 2.45) is 0 Å². The highest BCUT2D eigenvalue weighted by molar-refractivity contribution is 5.64. The Labute approximate surface area is 94.9 Å². The normalized spacial score (nSPS) is 7.80. The number of rotatable bonds is 3. The first kappa shape index (κ1) is 16.2. The van der Waals surface area contributed by atoms with Gasteiger partial charge in [-0.15, -0.1) is 0 Å². The molecule has 0 spiro atoms. The zero-order valence-electron chi connectivity index (χ0n) is 10.9. The van der Waals surface area contributed by atoms with E-state index >= 15 is 0 Å². The zero-order chi connectivity index (χ0) is 12.3. The van der Waals surface area contributed by atoms with Crippen LogP contribution in [0.1, 0.15) is 51.4 Å². The predicted molar refractivity (Wildman–Crippen MR) is 73.0 cm³/mol. The van der Waals surface area contributed by atoms with Crippen LogP contribution in [0.5, 0.6) is 0 Å². The number of nitrogens with one attached hydrogen (secondary N) is 1. The molecule has 0 atom stereocenters. The van der Waals surface area contributed by atoms with Gasteiger partial charge in [0.15, 0.2) is 0 Å². The lowest BCUT2D eigenvalue weighted by Crippen LogP contribution is -1.79. The Hall–Kier alpha value is -1.24. The third-order valence-corrected chi connectivity index (χ3v) is 1.83. The summed E-state index contributed by atoms with van der Waals surface area (Å²) >= 11 is 0. The molecule has 0 aromatic carbocycles. The van der Waals surface area contributed by atoms with Crippen LogP contribution in [0.3, 0.4) is 0 Å². The topological polar surface area (TPSA) is 15.8 Å². The zero-order valence-corrected chi connectivity index (χ0v) is 10.9. The van der Waals surface area contributed by atoms with Gasteiger partial charge in [-0.2, -0.15) is 0 Å². The summed E-state index contributed by atoms with van der Waals surface area (Å²) in [6.07, 6.45) is 6.72. The van der Waals surface area contributed by atoms with Crippen LogP contribution in [0, 0.1) is 0 Å². The van der Waals surface area contributed by atoms with Crippen molar-refractivity contribution in [1.29, 1.82) is 0 Å². The summed E-state index contributed by atoms with van der Waals surface area (Å²) in [5.41, 5.74) is 3.55. The lowest BCUT2D eigenvalue weighted by molar-refractivity contribution is 1.14. The second kappa shape index (κ2) is 10.8. The predicted octanol–water partition coefficient (Wildman–Crippen LogP) is 4.92. The summed E-state index contributed by atoms with van der Waals surface area (Å²) in [6, 6.07) is 0. The Balaban J connectivity index is 0. The molecule has 0 saturated carbocycles. The minimum absolute atomic E-state index is 1.03. The van der Waals surface area contributed by atoms with Gasteiger partial charge in [-0.3, -0.25) is 0 Å². The minimum atomic E-state index is 1.03. The largest absolute Gasteiger partial charge is 0.361 e. The molecule has 1 nitrogen and oxygen atoms in total. The number of aromatic amines is 1. The average molecular weight is 207 g/mol. The molecule has 0 fully saturated rings. The van der Waals surface area contributed by atoms with E-state index in [0.717, 1.165) is 12.1 Å². The molecule has 0 aliphatic rings. The Morgan fingerprint density at radius 1 is 1.13 bits per heavy atom. The number of hydrogen-bond donors (Lipinski definition) is 1. The van der Waals surface area contributed by atoms with Gasteiger partial charge in [-0.25, -0.2) is 0 Å². The molecule has 0 unspecified atom stereocenters. The van der Waals surface area contributed by atoms with Gasteiger partial charge < -0.3 is 4.98 Å². The van der Waals surface area contributed by atoms with Crippen LogP contribution < -0.4 is 0 Å². The molecule has 1 N–H and O–H groups in total. The van der Waals surface area contributed by atoms with Crippen LogP contribution >= 0.6 is 0 Å². The van der Waals surface area contributed by atoms with Crippen LogP contribution in [-0.4, -0.2) is 4.98 Å². The summed E-state index contributed by atoms with van der Waals surface area (Å²) in [4.78, 5) is 3.14. The van der Waals surface area contributed by atoms with E-state index in [1.807, 2.05) is 46.0 Å². The SMILES string of the molecule is C=Cc1[nH]cc(CC)c1C=C.CC.CC. The third-order valence-electron chi connectivity index (χ3n) is 1.83. The summed E-state index contributed by atoms with van der Waals surface area (Å²) < 4.78 is 0. The Bertz CT molecular complexity index is 269.